The molecular formula is C22H20N6O4. The fraction of sp³-hybridized carbons (Fsp3) is 0.182. The van der Waals surface area contributed by atoms with Crippen molar-refractivity contribution in [1.82, 2.24) is 24.6 Å². The molecule has 0 unspecified atom stereocenters. The molecule has 0 atom stereocenters. The molecule has 0 aliphatic heterocycles. The molecule has 10 nitrogen and oxygen atoms in total. The first-order valence-electron chi connectivity index (χ1n) is 9.93. The van der Waals surface area contributed by atoms with E-state index >= 15 is 0 Å². The van der Waals surface area contributed by atoms with E-state index in [1.165, 1.54) is 35.3 Å². The second-order valence-corrected chi connectivity index (χ2v) is 7.23. The highest BCUT2D eigenvalue weighted by molar-refractivity contribution is 5.96. The number of carbonyl (C=O) groups excluding carboxylic acids is 1. The molecule has 32 heavy (non-hydrogen) atoms. The van der Waals surface area contributed by atoms with Crippen LogP contribution in [0.4, 0.5) is 5.69 Å². The Balaban J connectivity index is 1.46. The van der Waals surface area contributed by atoms with Crippen LogP contribution >= 0.6 is 0 Å². The summed E-state index contributed by atoms with van der Waals surface area (Å²) in [7, 11) is 0. The summed E-state index contributed by atoms with van der Waals surface area (Å²) in [4.78, 5) is 40.2. The van der Waals surface area contributed by atoms with Crippen molar-refractivity contribution in [2.45, 2.75) is 20.0 Å². The third-order valence-corrected chi connectivity index (χ3v) is 5.17. The predicted octanol–water partition coefficient (Wildman–Crippen LogP) is 2.29. The maximum absolute atomic E-state index is 12.8. The minimum absolute atomic E-state index is 0.105. The van der Waals surface area contributed by atoms with Crippen LogP contribution < -0.4 is 10.9 Å². The second kappa shape index (κ2) is 8.80. The fourth-order valence-electron chi connectivity index (χ4n) is 3.49. The zero-order valence-electron chi connectivity index (χ0n) is 17.3. The van der Waals surface area contributed by atoms with E-state index < -0.39 is 10.8 Å². The summed E-state index contributed by atoms with van der Waals surface area (Å²) in [6, 6.07) is 14.0. The van der Waals surface area contributed by atoms with Gasteiger partial charge in [-0.1, -0.05) is 36.4 Å². The Morgan fingerprint density at radius 3 is 2.69 bits per heavy atom. The number of nitro benzene ring substituents is 1. The Labute approximate surface area is 182 Å². The Hall–Kier alpha value is -4.34. The van der Waals surface area contributed by atoms with E-state index in [1.807, 2.05) is 30.3 Å². The minimum Gasteiger partial charge on any atom is -0.350 e. The number of hydrogen-bond donors (Lipinski definition) is 1. The first kappa shape index (κ1) is 20.9. The third-order valence-electron chi connectivity index (χ3n) is 5.17. The van der Waals surface area contributed by atoms with Crippen molar-refractivity contribution in [3.05, 3.63) is 98.2 Å². The van der Waals surface area contributed by atoms with Gasteiger partial charge in [0, 0.05) is 23.7 Å². The average molecular weight is 432 g/mol. The summed E-state index contributed by atoms with van der Waals surface area (Å²) in [5, 5.41) is 18.4. The van der Waals surface area contributed by atoms with Crippen molar-refractivity contribution >= 4 is 22.6 Å². The van der Waals surface area contributed by atoms with E-state index in [0.717, 1.165) is 5.56 Å². The van der Waals surface area contributed by atoms with E-state index in [9.17, 15) is 19.7 Å². The van der Waals surface area contributed by atoms with Gasteiger partial charge in [0.2, 0.25) is 0 Å². The Morgan fingerprint density at radius 2 is 1.94 bits per heavy atom. The van der Waals surface area contributed by atoms with Crippen LogP contribution in [0, 0.1) is 17.0 Å². The lowest BCUT2D eigenvalue weighted by molar-refractivity contribution is -0.385. The second-order valence-electron chi connectivity index (χ2n) is 7.23. The van der Waals surface area contributed by atoms with Crippen LogP contribution in [-0.4, -0.2) is 36.7 Å². The number of carbonyl (C=O) groups is 1. The van der Waals surface area contributed by atoms with Crippen LogP contribution in [0.15, 0.2) is 65.8 Å². The molecular weight excluding hydrogens is 412 g/mol. The van der Waals surface area contributed by atoms with Crippen molar-refractivity contribution in [2.75, 3.05) is 6.54 Å². The van der Waals surface area contributed by atoms with Crippen LogP contribution in [-0.2, 0) is 13.1 Å². The highest BCUT2D eigenvalue weighted by atomic mass is 16.6. The number of nitro groups is 1. The first-order chi connectivity index (χ1) is 15.5. The van der Waals surface area contributed by atoms with Gasteiger partial charge >= 0.3 is 0 Å². The standard InChI is InChI=1S/C22H20N6O4/c1-15-17(8-5-9-19(15)28(31)32)21(29)23-10-11-27-20-18(12-25-27)22(30)26(14-24-20)13-16-6-3-2-4-7-16/h2-9,12,14H,10-11,13H2,1H3,(H,23,29). The maximum Gasteiger partial charge on any atom is 0.273 e. The lowest BCUT2D eigenvalue weighted by atomic mass is 10.1. The summed E-state index contributed by atoms with van der Waals surface area (Å²) in [5.41, 5.74) is 1.67. The molecule has 2 aromatic carbocycles. The number of fused-ring (bicyclic) bond motifs is 1. The van der Waals surface area contributed by atoms with Crippen molar-refractivity contribution in [1.29, 1.82) is 0 Å². The van der Waals surface area contributed by atoms with Crippen molar-refractivity contribution in [2.24, 2.45) is 0 Å². The van der Waals surface area contributed by atoms with Gasteiger partial charge in [0.25, 0.3) is 17.2 Å². The number of aromatic nitrogens is 4. The Bertz CT molecular complexity index is 1360. The number of rotatable bonds is 7. The Kier molecular flexibility index (Phi) is 5.75. The molecule has 4 aromatic rings. The van der Waals surface area contributed by atoms with Gasteiger partial charge in [0.15, 0.2) is 5.65 Å². The number of nitrogens with one attached hydrogen (secondary N) is 1. The highest BCUT2D eigenvalue weighted by Gasteiger charge is 2.18. The summed E-state index contributed by atoms with van der Waals surface area (Å²) in [6.45, 7) is 2.45. The molecule has 0 radical (unpaired) electrons. The van der Waals surface area contributed by atoms with Crippen molar-refractivity contribution in [3.63, 3.8) is 0 Å². The SMILES string of the molecule is Cc1c(C(=O)NCCn2ncc3c(=O)n(Cc4ccccc4)cnc32)cccc1[N+](=O)[O-]. The molecule has 0 saturated carbocycles. The third kappa shape index (κ3) is 4.10. The topological polar surface area (TPSA) is 125 Å². The normalized spacial score (nSPS) is 10.9. The molecule has 1 N–H and O–H groups in total. The molecule has 0 aliphatic rings. The van der Waals surface area contributed by atoms with E-state index in [4.69, 9.17) is 0 Å². The number of benzene rings is 2. The molecule has 2 heterocycles. The zero-order valence-corrected chi connectivity index (χ0v) is 17.3. The van der Waals surface area contributed by atoms with Crippen molar-refractivity contribution in [3.8, 4) is 0 Å². The van der Waals surface area contributed by atoms with E-state index in [1.54, 1.807) is 11.6 Å². The lowest BCUT2D eigenvalue weighted by Crippen LogP contribution is -2.28. The van der Waals surface area contributed by atoms with Gasteiger partial charge in [-0.15, -0.1) is 0 Å². The summed E-state index contributed by atoms with van der Waals surface area (Å²) < 4.78 is 3.07. The molecule has 10 heteroatoms. The maximum atomic E-state index is 12.8. The van der Waals surface area contributed by atoms with Gasteiger partial charge in [-0.05, 0) is 18.6 Å². The van der Waals surface area contributed by atoms with E-state index in [2.05, 4.69) is 15.4 Å². The van der Waals surface area contributed by atoms with Gasteiger partial charge in [0.1, 0.15) is 11.7 Å². The summed E-state index contributed by atoms with van der Waals surface area (Å²) >= 11 is 0. The minimum atomic E-state index is -0.516. The molecule has 2 aromatic heterocycles. The zero-order chi connectivity index (χ0) is 22.7. The van der Waals surface area contributed by atoms with Crippen LogP contribution in [0.1, 0.15) is 21.5 Å². The average Bonchev–Trinajstić information content (AvgIpc) is 3.20. The number of hydrogen-bond acceptors (Lipinski definition) is 6. The number of nitrogens with zero attached hydrogens (tertiary/aromatic N) is 5. The van der Waals surface area contributed by atoms with Crippen LogP contribution in [0.3, 0.4) is 0 Å². The van der Waals surface area contributed by atoms with E-state index in [0.29, 0.717) is 29.7 Å². The Morgan fingerprint density at radius 1 is 1.16 bits per heavy atom. The first-order valence-corrected chi connectivity index (χ1v) is 9.93. The highest BCUT2D eigenvalue weighted by Crippen LogP contribution is 2.20. The molecule has 0 fully saturated rings. The molecule has 0 aliphatic carbocycles. The quantitative estimate of drug-likeness (QED) is 0.353. The largest absolute Gasteiger partial charge is 0.350 e. The van der Waals surface area contributed by atoms with Crippen LogP contribution in [0.2, 0.25) is 0 Å². The molecule has 0 spiro atoms. The van der Waals surface area contributed by atoms with Crippen LogP contribution in [0.25, 0.3) is 11.0 Å². The van der Waals surface area contributed by atoms with Gasteiger partial charge in [-0.2, -0.15) is 5.10 Å². The monoisotopic (exact) mass is 432 g/mol. The van der Waals surface area contributed by atoms with E-state index in [-0.39, 0.29) is 23.4 Å². The fourth-order valence-corrected chi connectivity index (χ4v) is 3.49. The van der Waals surface area contributed by atoms with Gasteiger partial charge < -0.3 is 5.32 Å². The molecule has 1 amide bonds. The molecule has 0 bridgehead atoms. The van der Waals surface area contributed by atoms with Gasteiger partial charge in [-0.25, -0.2) is 9.67 Å². The molecule has 0 saturated heterocycles. The lowest BCUT2D eigenvalue weighted by Gasteiger charge is -2.09. The van der Waals surface area contributed by atoms with Gasteiger partial charge in [-0.3, -0.25) is 24.3 Å². The van der Waals surface area contributed by atoms with Gasteiger partial charge in [0.05, 0.1) is 24.2 Å². The molecule has 4 rings (SSSR count). The predicted molar refractivity (Wildman–Crippen MR) is 117 cm³/mol. The van der Waals surface area contributed by atoms with Crippen molar-refractivity contribution < 1.29 is 9.72 Å². The molecule has 162 valence electrons. The number of amides is 1. The summed E-state index contributed by atoms with van der Waals surface area (Å²) in [6.07, 6.45) is 2.96. The smallest absolute Gasteiger partial charge is 0.273 e. The summed E-state index contributed by atoms with van der Waals surface area (Å²) in [5.74, 6) is -0.416. The van der Waals surface area contributed by atoms with Crippen LogP contribution in [0.5, 0.6) is 0 Å².